The van der Waals surface area contributed by atoms with E-state index in [1.807, 2.05) is 0 Å². The number of halogens is 1. The van der Waals surface area contributed by atoms with Gasteiger partial charge < -0.3 is 10.5 Å². The average molecular weight is 326 g/mol. The first-order valence-electron chi connectivity index (χ1n) is 7.57. The van der Waals surface area contributed by atoms with Crippen molar-refractivity contribution in [2.45, 2.75) is 18.5 Å². The van der Waals surface area contributed by atoms with Crippen molar-refractivity contribution in [2.24, 2.45) is 0 Å². The molecule has 0 radical (unpaired) electrons. The van der Waals surface area contributed by atoms with Crippen LogP contribution in [0.4, 0.5) is 10.2 Å². The van der Waals surface area contributed by atoms with Gasteiger partial charge in [0.2, 0.25) is 0 Å². The third kappa shape index (κ3) is 2.20. The Morgan fingerprint density at radius 3 is 2.79 bits per heavy atom. The smallest absolute Gasteiger partial charge is 0.283 e. The summed E-state index contributed by atoms with van der Waals surface area (Å²) in [5.74, 6) is 0.0403. The van der Waals surface area contributed by atoms with E-state index in [4.69, 9.17) is 10.5 Å². The molecule has 1 aliphatic carbocycles. The molecule has 0 saturated heterocycles. The van der Waals surface area contributed by atoms with Gasteiger partial charge in [-0.25, -0.2) is 9.37 Å². The van der Waals surface area contributed by atoms with Gasteiger partial charge in [0.25, 0.3) is 5.91 Å². The molecule has 2 heterocycles. The molecule has 7 heteroatoms. The molecule has 24 heavy (non-hydrogen) atoms. The number of para-hydroxylation sites is 1. The van der Waals surface area contributed by atoms with Crippen molar-refractivity contribution in [1.29, 1.82) is 0 Å². The van der Waals surface area contributed by atoms with E-state index in [1.165, 1.54) is 7.11 Å². The number of nitrogens with two attached hydrogens (primary N) is 1. The molecule has 0 bridgehead atoms. The standard InChI is InChI=1S/C17H15FN4O2/c1-24-14-5-3-2-4-9(14)17(23)22-16-10(15(19)21-22)6-7-13(20-16)11-8-12(11)18/h2-7,11-12H,8H2,1H3,(H2,19,21). The van der Waals surface area contributed by atoms with E-state index >= 15 is 0 Å². The molecule has 122 valence electrons. The number of hydrogen-bond acceptors (Lipinski definition) is 5. The van der Waals surface area contributed by atoms with Gasteiger partial charge in [0.05, 0.1) is 18.1 Å². The molecular weight excluding hydrogens is 311 g/mol. The maximum absolute atomic E-state index is 13.3. The van der Waals surface area contributed by atoms with Crippen molar-refractivity contribution in [3.8, 4) is 5.75 Å². The summed E-state index contributed by atoms with van der Waals surface area (Å²) in [7, 11) is 1.49. The molecule has 0 spiro atoms. The highest BCUT2D eigenvalue weighted by Crippen LogP contribution is 2.43. The highest BCUT2D eigenvalue weighted by atomic mass is 19.1. The first-order chi connectivity index (χ1) is 11.6. The summed E-state index contributed by atoms with van der Waals surface area (Å²) in [6.07, 6.45) is -0.406. The second-order valence-electron chi connectivity index (χ2n) is 5.77. The van der Waals surface area contributed by atoms with Crippen molar-refractivity contribution in [3.63, 3.8) is 0 Å². The Morgan fingerprint density at radius 1 is 1.33 bits per heavy atom. The number of benzene rings is 1. The first kappa shape index (κ1) is 14.6. The summed E-state index contributed by atoms with van der Waals surface area (Å²) in [5, 5.41) is 4.68. The maximum atomic E-state index is 13.3. The number of anilines is 1. The molecule has 0 aliphatic heterocycles. The van der Waals surface area contributed by atoms with Crippen LogP contribution < -0.4 is 10.5 Å². The SMILES string of the molecule is COc1ccccc1C(=O)n1nc(N)c2ccc(C3CC3F)nc21. The van der Waals surface area contributed by atoms with Gasteiger partial charge in [-0.15, -0.1) is 5.10 Å². The number of aromatic nitrogens is 3. The monoisotopic (exact) mass is 326 g/mol. The van der Waals surface area contributed by atoms with Crippen LogP contribution in [0.15, 0.2) is 36.4 Å². The van der Waals surface area contributed by atoms with Gasteiger partial charge in [-0.3, -0.25) is 4.79 Å². The Hall–Kier alpha value is -2.96. The Labute approximate surface area is 137 Å². The van der Waals surface area contributed by atoms with Gasteiger partial charge in [0.1, 0.15) is 11.9 Å². The zero-order valence-electron chi connectivity index (χ0n) is 12.9. The van der Waals surface area contributed by atoms with Crippen LogP contribution in [0, 0.1) is 0 Å². The Bertz CT molecular complexity index is 953. The third-order valence-electron chi connectivity index (χ3n) is 4.20. The third-order valence-corrected chi connectivity index (χ3v) is 4.20. The summed E-state index contributed by atoms with van der Waals surface area (Å²) >= 11 is 0. The molecule has 1 fully saturated rings. The van der Waals surface area contributed by atoms with Gasteiger partial charge >= 0.3 is 0 Å². The van der Waals surface area contributed by atoms with Crippen molar-refractivity contribution in [3.05, 3.63) is 47.7 Å². The molecule has 2 N–H and O–H groups in total. The number of rotatable bonds is 3. The van der Waals surface area contributed by atoms with Crippen LogP contribution in [0.25, 0.3) is 11.0 Å². The molecule has 1 saturated carbocycles. The van der Waals surface area contributed by atoms with Gasteiger partial charge in [-0.1, -0.05) is 12.1 Å². The summed E-state index contributed by atoms with van der Waals surface area (Å²) in [6.45, 7) is 0. The van der Waals surface area contributed by atoms with E-state index < -0.39 is 12.1 Å². The molecule has 2 atom stereocenters. The van der Waals surface area contributed by atoms with E-state index in [2.05, 4.69) is 10.1 Å². The summed E-state index contributed by atoms with van der Waals surface area (Å²) in [6, 6.07) is 10.3. The minimum atomic E-state index is -0.867. The molecule has 2 unspecified atom stereocenters. The first-order valence-corrected chi connectivity index (χ1v) is 7.57. The number of methoxy groups -OCH3 is 1. The number of ether oxygens (including phenoxy) is 1. The number of nitrogen functional groups attached to an aromatic ring is 1. The number of pyridine rings is 1. The van der Waals surface area contributed by atoms with E-state index in [0.29, 0.717) is 34.5 Å². The van der Waals surface area contributed by atoms with Crippen LogP contribution in [-0.2, 0) is 0 Å². The molecule has 6 nitrogen and oxygen atoms in total. The van der Waals surface area contributed by atoms with E-state index in [0.717, 1.165) is 4.68 Å². The van der Waals surface area contributed by atoms with E-state index in [-0.39, 0.29) is 11.7 Å². The summed E-state index contributed by atoms with van der Waals surface area (Å²) < 4.78 is 19.7. The van der Waals surface area contributed by atoms with E-state index in [1.54, 1.807) is 36.4 Å². The van der Waals surface area contributed by atoms with Crippen molar-refractivity contribution in [1.82, 2.24) is 14.8 Å². The largest absolute Gasteiger partial charge is 0.496 e. The normalized spacial score (nSPS) is 19.4. The fourth-order valence-corrected chi connectivity index (χ4v) is 2.79. The number of fused-ring (bicyclic) bond motifs is 1. The van der Waals surface area contributed by atoms with Crippen molar-refractivity contribution in [2.75, 3.05) is 12.8 Å². The van der Waals surface area contributed by atoms with Gasteiger partial charge in [0.15, 0.2) is 11.5 Å². The quantitative estimate of drug-likeness (QED) is 0.799. The molecule has 2 aromatic heterocycles. The van der Waals surface area contributed by atoms with Crippen molar-refractivity contribution >= 4 is 22.8 Å². The number of carbonyl (C=O) groups excluding carboxylic acids is 1. The topological polar surface area (TPSA) is 83.0 Å². The predicted molar refractivity (Wildman–Crippen MR) is 86.9 cm³/mol. The lowest BCUT2D eigenvalue weighted by molar-refractivity contribution is 0.0947. The van der Waals surface area contributed by atoms with Crippen LogP contribution >= 0.6 is 0 Å². The van der Waals surface area contributed by atoms with Gasteiger partial charge in [-0.05, 0) is 30.7 Å². The highest BCUT2D eigenvalue weighted by molar-refractivity contribution is 6.03. The zero-order valence-corrected chi connectivity index (χ0v) is 12.9. The minimum absolute atomic E-state index is 0.208. The maximum Gasteiger partial charge on any atom is 0.283 e. The van der Waals surface area contributed by atoms with Gasteiger partial charge in [-0.2, -0.15) is 4.68 Å². The van der Waals surface area contributed by atoms with Crippen LogP contribution in [-0.4, -0.2) is 34.0 Å². The fourth-order valence-electron chi connectivity index (χ4n) is 2.79. The lowest BCUT2D eigenvalue weighted by atomic mass is 10.2. The summed E-state index contributed by atoms with van der Waals surface area (Å²) in [4.78, 5) is 17.3. The average Bonchev–Trinajstić information content (AvgIpc) is 3.25. The molecular formula is C17H15FN4O2. The molecule has 1 aliphatic rings. The second-order valence-corrected chi connectivity index (χ2v) is 5.77. The molecule has 3 aromatic rings. The number of carbonyl (C=O) groups is 1. The van der Waals surface area contributed by atoms with E-state index in [9.17, 15) is 9.18 Å². The van der Waals surface area contributed by atoms with Crippen LogP contribution in [0.2, 0.25) is 0 Å². The van der Waals surface area contributed by atoms with Gasteiger partial charge in [0, 0.05) is 11.6 Å². The number of hydrogen-bond donors (Lipinski definition) is 1. The minimum Gasteiger partial charge on any atom is -0.496 e. The van der Waals surface area contributed by atoms with Crippen LogP contribution in [0.1, 0.15) is 28.4 Å². The zero-order chi connectivity index (χ0) is 16.8. The Balaban J connectivity index is 1.85. The number of nitrogens with zero attached hydrogens (tertiary/aromatic N) is 3. The second kappa shape index (κ2) is 5.30. The molecule has 1 aromatic carbocycles. The Kier molecular flexibility index (Phi) is 3.23. The predicted octanol–water partition coefficient (Wildman–Crippen LogP) is 2.54. The molecule has 4 rings (SSSR count). The summed E-state index contributed by atoms with van der Waals surface area (Å²) in [5.41, 5.74) is 7.20. The van der Waals surface area contributed by atoms with Crippen LogP contribution in [0.3, 0.4) is 0 Å². The lowest BCUT2D eigenvalue weighted by Gasteiger charge is -2.07. The Morgan fingerprint density at radius 2 is 2.08 bits per heavy atom. The highest BCUT2D eigenvalue weighted by Gasteiger charge is 2.40. The molecule has 0 amide bonds. The van der Waals surface area contributed by atoms with Crippen molar-refractivity contribution < 1.29 is 13.9 Å². The fraction of sp³-hybridized carbons (Fsp3) is 0.235. The lowest BCUT2D eigenvalue weighted by Crippen LogP contribution is -2.15. The number of alkyl halides is 1. The van der Waals surface area contributed by atoms with Crippen LogP contribution in [0.5, 0.6) is 5.75 Å².